The molecule has 0 aromatic heterocycles. The van der Waals surface area contributed by atoms with E-state index in [1.165, 1.54) is 0 Å². The fraction of sp³-hybridized carbons (Fsp3) is 0.857. The van der Waals surface area contributed by atoms with Crippen molar-refractivity contribution < 1.29 is 27.6 Å². The van der Waals surface area contributed by atoms with Gasteiger partial charge < -0.3 is 23.7 Å². The van der Waals surface area contributed by atoms with Crippen molar-refractivity contribution in [3.63, 3.8) is 0 Å². The maximum Gasteiger partial charge on any atom is 0.500 e. The molecule has 2 N–H and O–H groups in total. The van der Waals surface area contributed by atoms with Crippen molar-refractivity contribution in [2.45, 2.75) is 52.5 Å². The number of rotatable bonds is 9. The maximum atomic E-state index is 10.2. The van der Waals surface area contributed by atoms with Gasteiger partial charge in [-0.15, -0.1) is 0 Å². The Morgan fingerprint density at radius 2 is 1.45 bits per heavy atom. The number of hydrogen-bond acceptors (Lipinski definition) is 7. The van der Waals surface area contributed by atoms with Gasteiger partial charge in [0.15, 0.2) is 0 Å². The number of ether oxygens (including phenoxy) is 1. The molecule has 8 heteroatoms. The first-order valence-corrected chi connectivity index (χ1v) is 9.82. The highest BCUT2D eigenvalue weighted by Gasteiger charge is 2.39. The molecule has 1 heterocycles. The summed E-state index contributed by atoms with van der Waals surface area (Å²) in [6.45, 7) is 8.44. The average Bonchev–Trinajstić information content (AvgIpc) is 2.46. The van der Waals surface area contributed by atoms with Gasteiger partial charge >= 0.3 is 20.7 Å². The second kappa shape index (κ2) is 12.7. The molecule has 1 aliphatic rings. The standard InChI is InChI=1S/C9H23NO3Si.C5H6O3/c1-4-11-14(12-5-2,13-6-3)9-7-8-10;6-4-2-1-3-5(7)8-4/h4-10H2,1-3H3;1-3H2. The molecule has 0 aromatic carbocycles. The van der Waals surface area contributed by atoms with Crippen LogP contribution in [0.1, 0.15) is 46.5 Å². The van der Waals surface area contributed by atoms with E-state index in [0.717, 1.165) is 12.5 Å². The minimum atomic E-state index is -2.40. The van der Waals surface area contributed by atoms with E-state index in [1.54, 1.807) is 0 Å². The van der Waals surface area contributed by atoms with E-state index in [0.29, 0.717) is 45.6 Å². The predicted octanol–water partition coefficient (Wildman–Crippen LogP) is 1.62. The van der Waals surface area contributed by atoms with Crippen LogP contribution in [-0.4, -0.2) is 47.1 Å². The van der Waals surface area contributed by atoms with Gasteiger partial charge in [0.1, 0.15) is 0 Å². The van der Waals surface area contributed by atoms with E-state index in [4.69, 9.17) is 19.0 Å². The molecule has 1 aliphatic heterocycles. The number of esters is 2. The third-order valence-electron chi connectivity index (χ3n) is 2.77. The van der Waals surface area contributed by atoms with Gasteiger partial charge in [-0.05, 0) is 40.2 Å². The predicted molar refractivity (Wildman–Crippen MR) is 84.1 cm³/mol. The lowest BCUT2D eigenvalue weighted by Gasteiger charge is -2.28. The minimum Gasteiger partial charge on any atom is -0.393 e. The summed E-state index contributed by atoms with van der Waals surface area (Å²) in [6, 6.07) is 0.818. The molecule has 0 atom stereocenters. The minimum absolute atomic E-state index is 0.388. The van der Waals surface area contributed by atoms with Gasteiger partial charge in [-0.3, -0.25) is 9.59 Å². The molecule has 0 unspecified atom stereocenters. The van der Waals surface area contributed by atoms with E-state index in [1.807, 2.05) is 20.8 Å². The molecule has 0 spiro atoms. The molecular formula is C14H29NO6Si. The summed E-state index contributed by atoms with van der Waals surface area (Å²) in [6.07, 6.45) is 2.33. The Morgan fingerprint density at radius 1 is 1.00 bits per heavy atom. The molecule has 130 valence electrons. The van der Waals surface area contributed by atoms with Crippen LogP contribution in [0.5, 0.6) is 0 Å². The molecule has 0 aliphatic carbocycles. The van der Waals surface area contributed by atoms with Gasteiger partial charge in [0.05, 0.1) is 0 Å². The molecule has 22 heavy (non-hydrogen) atoms. The zero-order valence-corrected chi connectivity index (χ0v) is 14.9. The Morgan fingerprint density at radius 3 is 1.73 bits per heavy atom. The number of cyclic esters (lactones) is 2. The van der Waals surface area contributed by atoms with Crippen LogP contribution in [0.2, 0.25) is 6.04 Å². The Hall–Kier alpha value is -0.803. The summed E-state index contributed by atoms with van der Waals surface area (Å²) in [5.74, 6) is -0.775. The summed E-state index contributed by atoms with van der Waals surface area (Å²) >= 11 is 0. The van der Waals surface area contributed by atoms with E-state index in [9.17, 15) is 9.59 Å². The van der Waals surface area contributed by atoms with Crippen molar-refractivity contribution in [1.29, 1.82) is 0 Å². The highest BCUT2D eigenvalue weighted by molar-refractivity contribution is 6.60. The highest BCUT2D eigenvalue weighted by atomic mass is 28.4. The monoisotopic (exact) mass is 335 g/mol. The van der Waals surface area contributed by atoms with Gasteiger partial charge in [0.2, 0.25) is 0 Å². The molecule has 0 amide bonds. The van der Waals surface area contributed by atoms with Gasteiger partial charge in [-0.1, -0.05) is 0 Å². The fourth-order valence-corrected chi connectivity index (χ4v) is 4.57. The highest BCUT2D eigenvalue weighted by Crippen LogP contribution is 2.17. The third-order valence-corrected chi connectivity index (χ3v) is 5.92. The first-order valence-electron chi connectivity index (χ1n) is 7.89. The van der Waals surface area contributed by atoms with E-state index in [2.05, 4.69) is 4.74 Å². The molecular weight excluding hydrogens is 306 g/mol. The molecule has 0 saturated carbocycles. The van der Waals surface area contributed by atoms with Crippen LogP contribution in [0, 0.1) is 0 Å². The summed E-state index contributed by atoms with van der Waals surface area (Å²) in [4.78, 5) is 20.5. The van der Waals surface area contributed by atoms with Crippen LogP contribution >= 0.6 is 0 Å². The molecule has 0 radical (unpaired) electrons. The number of nitrogens with two attached hydrogens (primary N) is 1. The van der Waals surface area contributed by atoms with Crippen LogP contribution in [0.4, 0.5) is 0 Å². The van der Waals surface area contributed by atoms with Crippen molar-refractivity contribution in [1.82, 2.24) is 0 Å². The lowest BCUT2D eigenvalue weighted by atomic mass is 10.2. The molecule has 1 rings (SSSR count). The van der Waals surface area contributed by atoms with E-state index >= 15 is 0 Å². The van der Waals surface area contributed by atoms with Crippen molar-refractivity contribution in [3.05, 3.63) is 0 Å². The van der Waals surface area contributed by atoms with Crippen molar-refractivity contribution in [2.75, 3.05) is 26.4 Å². The second-order valence-electron chi connectivity index (χ2n) is 4.57. The fourth-order valence-electron chi connectivity index (χ4n) is 1.93. The van der Waals surface area contributed by atoms with E-state index < -0.39 is 8.80 Å². The SMILES string of the molecule is CCO[Si](CCCN)(OCC)OCC.O=C1CCCC(=O)O1. The zero-order chi connectivity index (χ0) is 16.8. The van der Waals surface area contributed by atoms with Crippen LogP contribution in [0.25, 0.3) is 0 Å². The van der Waals surface area contributed by atoms with Gasteiger partial charge in [0.25, 0.3) is 0 Å². The molecule has 1 fully saturated rings. The van der Waals surface area contributed by atoms with Crippen molar-refractivity contribution in [3.8, 4) is 0 Å². The topological polar surface area (TPSA) is 97.1 Å². The quantitative estimate of drug-likeness (QED) is 0.388. The summed E-state index contributed by atoms with van der Waals surface area (Å²) in [7, 11) is -2.40. The van der Waals surface area contributed by atoms with Crippen molar-refractivity contribution in [2.24, 2.45) is 5.73 Å². The summed E-state index contributed by atoms with van der Waals surface area (Å²) < 4.78 is 21.2. The summed E-state index contributed by atoms with van der Waals surface area (Å²) in [5.41, 5.74) is 5.48. The normalized spacial score (nSPS) is 15.1. The molecule has 1 saturated heterocycles. The van der Waals surface area contributed by atoms with Gasteiger partial charge in [-0.2, -0.15) is 0 Å². The largest absolute Gasteiger partial charge is 0.500 e. The first kappa shape index (κ1) is 21.2. The van der Waals surface area contributed by atoms with Gasteiger partial charge in [-0.25, -0.2) is 0 Å². The smallest absolute Gasteiger partial charge is 0.393 e. The number of carbonyl (C=O) groups is 2. The summed E-state index contributed by atoms with van der Waals surface area (Å²) in [5, 5.41) is 0. The lowest BCUT2D eigenvalue weighted by Crippen LogP contribution is -2.46. The van der Waals surface area contributed by atoms with Gasteiger partial charge in [0, 0.05) is 38.7 Å². The zero-order valence-electron chi connectivity index (χ0n) is 13.9. The Balaban J connectivity index is 0.000000461. The van der Waals surface area contributed by atoms with Crippen LogP contribution < -0.4 is 5.73 Å². The lowest BCUT2D eigenvalue weighted by molar-refractivity contribution is -0.163. The third kappa shape index (κ3) is 9.26. The maximum absolute atomic E-state index is 10.2. The number of hydrogen-bond donors (Lipinski definition) is 1. The Kier molecular flexibility index (Phi) is 12.2. The molecule has 0 bridgehead atoms. The average molecular weight is 335 g/mol. The molecule has 7 nitrogen and oxygen atoms in total. The van der Waals surface area contributed by atoms with Crippen molar-refractivity contribution >= 4 is 20.7 Å². The first-order chi connectivity index (χ1) is 10.5. The Bertz CT molecular complexity index is 295. The van der Waals surface area contributed by atoms with Crippen LogP contribution in [-0.2, 0) is 27.6 Å². The van der Waals surface area contributed by atoms with Crippen LogP contribution in [0.3, 0.4) is 0 Å². The van der Waals surface area contributed by atoms with Crippen LogP contribution in [0.15, 0.2) is 0 Å². The Labute approximate surface area is 133 Å². The second-order valence-corrected chi connectivity index (χ2v) is 7.31. The number of carbonyl (C=O) groups excluding carboxylic acids is 2. The van der Waals surface area contributed by atoms with E-state index in [-0.39, 0.29) is 11.9 Å². The molecule has 0 aromatic rings.